The van der Waals surface area contributed by atoms with Gasteiger partial charge in [-0.3, -0.25) is 4.79 Å². The minimum Gasteiger partial charge on any atom is -0.333 e. The van der Waals surface area contributed by atoms with Crippen LogP contribution in [0.15, 0.2) is 23.2 Å². The monoisotopic (exact) mass is 399 g/mol. The van der Waals surface area contributed by atoms with Crippen LogP contribution in [0.2, 0.25) is 5.02 Å². The quantitative estimate of drug-likeness (QED) is 0.726. The number of benzene rings is 1. The second-order valence-corrected chi connectivity index (χ2v) is 7.99. The van der Waals surface area contributed by atoms with Crippen LogP contribution in [0.3, 0.4) is 0 Å². The van der Waals surface area contributed by atoms with E-state index in [4.69, 9.17) is 16.6 Å². The summed E-state index contributed by atoms with van der Waals surface area (Å²) in [4.78, 5) is 28.4. The maximum atomic E-state index is 12.9. The van der Waals surface area contributed by atoms with Crippen LogP contribution < -0.4 is 16.2 Å². The normalized spacial score (nSPS) is 24.0. The molecule has 2 saturated heterocycles. The number of aliphatic imine (C=N–C) groups is 1. The van der Waals surface area contributed by atoms with Crippen molar-refractivity contribution < 1.29 is 4.79 Å². The zero-order chi connectivity index (χ0) is 19.1. The fourth-order valence-electron chi connectivity index (χ4n) is 3.75. The van der Waals surface area contributed by atoms with Gasteiger partial charge in [-0.2, -0.15) is 0 Å². The summed E-state index contributed by atoms with van der Waals surface area (Å²) in [5, 5.41) is 4.58. The van der Waals surface area contributed by atoms with Crippen molar-refractivity contribution in [1.82, 2.24) is 31.0 Å². The molecule has 0 spiro atoms. The molecule has 2 aliphatic heterocycles. The van der Waals surface area contributed by atoms with Crippen molar-refractivity contribution in [1.29, 1.82) is 0 Å². The predicted molar refractivity (Wildman–Crippen MR) is 108 cm³/mol. The van der Waals surface area contributed by atoms with Crippen LogP contribution in [0.25, 0.3) is 10.9 Å². The summed E-state index contributed by atoms with van der Waals surface area (Å²) in [7, 11) is 0. The molecule has 1 aromatic carbocycles. The van der Waals surface area contributed by atoms with Crippen LogP contribution in [0.1, 0.15) is 29.9 Å². The first-order valence-corrected chi connectivity index (χ1v) is 10.1. The summed E-state index contributed by atoms with van der Waals surface area (Å²) in [5.74, 6) is 2.06. The van der Waals surface area contributed by atoms with Gasteiger partial charge in [-0.1, -0.05) is 11.6 Å². The standard InChI is InChI=1S/C19H22ClN7O/c20-12-3-4-14-13(9-12)17(23-16-10-15(25-26-16)11-1-2-11)24-18(22-14)19(28)27-7-5-21-6-8-27/h3-4,9,11,15,21,25H,1-2,5-8,10H2,(H,22,23,24,26). The average molecular weight is 400 g/mol. The second-order valence-electron chi connectivity index (χ2n) is 7.55. The number of hydrogen-bond acceptors (Lipinski definition) is 6. The zero-order valence-corrected chi connectivity index (χ0v) is 16.2. The van der Waals surface area contributed by atoms with Gasteiger partial charge in [-0.15, -0.1) is 0 Å². The number of piperazine rings is 1. The first-order valence-electron chi connectivity index (χ1n) is 9.74. The third-order valence-corrected chi connectivity index (χ3v) is 5.72. The Labute approximate surface area is 167 Å². The molecule has 1 amide bonds. The van der Waals surface area contributed by atoms with Crippen molar-refractivity contribution in [2.75, 3.05) is 26.2 Å². The molecule has 2 aromatic rings. The van der Waals surface area contributed by atoms with Gasteiger partial charge in [0.25, 0.3) is 5.91 Å². The third-order valence-electron chi connectivity index (χ3n) is 5.48. The number of nitrogens with one attached hydrogen (secondary N) is 3. The number of hydrazine groups is 1. The molecular weight excluding hydrogens is 378 g/mol. The van der Waals surface area contributed by atoms with E-state index in [2.05, 4.69) is 26.1 Å². The molecule has 1 atom stereocenters. The summed E-state index contributed by atoms with van der Waals surface area (Å²) < 4.78 is 0. The van der Waals surface area contributed by atoms with Crippen LogP contribution in [0.5, 0.6) is 0 Å². The first kappa shape index (κ1) is 17.8. The zero-order valence-electron chi connectivity index (χ0n) is 15.4. The lowest BCUT2D eigenvalue weighted by molar-refractivity contribution is 0.0724. The van der Waals surface area contributed by atoms with E-state index in [-0.39, 0.29) is 11.7 Å². The van der Waals surface area contributed by atoms with Crippen LogP contribution in [-0.2, 0) is 0 Å². The summed E-state index contributed by atoms with van der Waals surface area (Å²) in [5.41, 5.74) is 7.14. The van der Waals surface area contributed by atoms with Gasteiger partial charge >= 0.3 is 0 Å². The number of rotatable bonds is 3. The fourth-order valence-corrected chi connectivity index (χ4v) is 3.92. The van der Waals surface area contributed by atoms with Gasteiger partial charge in [0.1, 0.15) is 5.84 Å². The Hall–Kier alpha value is -2.29. The molecule has 1 unspecified atom stereocenters. The average Bonchev–Trinajstić information content (AvgIpc) is 3.47. The molecule has 146 valence electrons. The smallest absolute Gasteiger partial charge is 0.291 e. The molecule has 3 fully saturated rings. The Balaban J connectivity index is 1.52. The number of carbonyl (C=O) groups is 1. The van der Waals surface area contributed by atoms with Gasteiger partial charge < -0.3 is 15.6 Å². The lowest BCUT2D eigenvalue weighted by Gasteiger charge is -2.26. The van der Waals surface area contributed by atoms with Gasteiger partial charge in [-0.25, -0.2) is 20.4 Å². The molecule has 0 radical (unpaired) electrons. The second kappa shape index (κ2) is 7.27. The first-order chi connectivity index (χ1) is 13.7. The van der Waals surface area contributed by atoms with E-state index in [9.17, 15) is 4.79 Å². The molecule has 3 heterocycles. The maximum absolute atomic E-state index is 12.9. The topological polar surface area (TPSA) is 94.5 Å². The highest BCUT2D eigenvalue weighted by molar-refractivity contribution is 6.31. The highest BCUT2D eigenvalue weighted by atomic mass is 35.5. The summed E-state index contributed by atoms with van der Waals surface area (Å²) in [6, 6.07) is 5.80. The van der Waals surface area contributed by atoms with Gasteiger partial charge in [0.15, 0.2) is 5.82 Å². The molecule has 3 N–H and O–H groups in total. The number of halogens is 1. The molecule has 28 heavy (non-hydrogen) atoms. The third kappa shape index (κ3) is 3.55. The van der Waals surface area contributed by atoms with E-state index in [1.807, 2.05) is 6.07 Å². The molecule has 1 aromatic heterocycles. The molecular formula is C19H22ClN7O. The minimum atomic E-state index is -0.159. The largest absolute Gasteiger partial charge is 0.333 e. The number of amides is 1. The van der Waals surface area contributed by atoms with Gasteiger partial charge in [0, 0.05) is 49.1 Å². The molecule has 9 heteroatoms. The van der Waals surface area contributed by atoms with Crippen LogP contribution in [0.4, 0.5) is 5.82 Å². The minimum absolute atomic E-state index is 0.159. The van der Waals surface area contributed by atoms with Crippen LogP contribution >= 0.6 is 11.6 Å². The maximum Gasteiger partial charge on any atom is 0.291 e. The van der Waals surface area contributed by atoms with Crippen molar-refractivity contribution in [2.45, 2.75) is 25.3 Å². The summed E-state index contributed by atoms with van der Waals surface area (Å²) >= 11 is 6.19. The summed E-state index contributed by atoms with van der Waals surface area (Å²) in [6.07, 6.45) is 3.36. The Kier molecular flexibility index (Phi) is 4.62. The van der Waals surface area contributed by atoms with Crippen LogP contribution in [0, 0.1) is 5.92 Å². The number of hydrogen-bond donors (Lipinski definition) is 3. The highest BCUT2D eigenvalue weighted by Crippen LogP contribution is 2.35. The number of carbonyl (C=O) groups excluding carboxylic acids is 1. The van der Waals surface area contributed by atoms with Gasteiger partial charge in [0.05, 0.1) is 5.52 Å². The number of nitrogens with zero attached hydrogens (tertiary/aromatic N) is 4. The molecule has 3 aliphatic rings. The Morgan fingerprint density at radius 1 is 1.21 bits per heavy atom. The molecule has 1 saturated carbocycles. The van der Waals surface area contributed by atoms with E-state index in [1.54, 1.807) is 17.0 Å². The predicted octanol–water partition coefficient (Wildman–Crippen LogP) is 1.64. The van der Waals surface area contributed by atoms with E-state index in [1.165, 1.54) is 12.8 Å². The van der Waals surface area contributed by atoms with Crippen molar-refractivity contribution in [2.24, 2.45) is 10.9 Å². The number of amidine groups is 1. The molecule has 1 aliphatic carbocycles. The number of fused-ring (bicyclic) bond motifs is 1. The summed E-state index contributed by atoms with van der Waals surface area (Å²) in [6.45, 7) is 2.86. The van der Waals surface area contributed by atoms with E-state index in [0.717, 1.165) is 36.7 Å². The SMILES string of the molecule is O=C(c1nc(N=C2CC(C3CC3)NN2)c2cc(Cl)ccc2n1)N1CCNCC1. The lowest BCUT2D eigenvalue weighted by atomic mass is 10.1. The Bertz CT molecular complexity index is 953. The van der Waals surface area contributed by atoms with Crippen LogP contribution in [-0.4, -0.2) is 58.8 Å². The van der Waals surface area contributed by atoms with Crippen molar-refractivity contribution in [3.63, 3.8) is 0 Å². The Morgan fingerprint density at radius 2 is 2.04 bits per heavy atom. The van der Waals surface area contributed by atoms with Gasteiger partial charge in [-0.05, 0) is 37.0 Å². The van der Waals surface area contributed by atoms with E-state index < -0.39 is 0 Å². The lowest BCUT2D eigenvalue weighted by Crippen LogP contribution is -2.46. The molecule has 5 rings (SSSR count). The highest BCUT2D eigenvalue weighted by Gasteiger charge is 2.35. The van der Waals surface area contributed by atoms with E-state index in [0.29, 0.717) is 35.5 Å². The van der Waals surface area contributed by atoms with Crippen molar-refractivity contribution in [3.05, 3.63) is 29.0 Å². The van der Waals surface area contributed by atoms with E-state index >= 15 is 0 Å². The van der Waals surface area contributed by atoms with Crippen molar-refractivity contribution >= 4 is 40.1 Å². The Morgan fingerprint density at radius 3 is 2.82 bits per heavy atom. The van der Waals surface area contributed by atoms with Crippen molar-refractivity contribution in [3.8, 4) is 0 Å². The fraction of sp³-hybridized carbons (Fsp3) is 0.474. The molecule has 8 nitrogen and oxygen atoms in total. The van der Waals surface area contributed by atoms with Gasteiger partial charge in [0.2, 0.25) is 5.82 Å². The molecule has 0 bridgehead atoms. The number of aromatic nitrogens is 2.